The Morgan fingerprint density at radius 1 is 1.00 bits per heavy atom. The van der Waals surface area contributed by atoms with Crippen molar-refractivity contribution in [3.05, 3.63) is 41.5 Å². The SMILES string of the molecule is O=C1OCC(C2CCCC2)N1c1cnn2c1CN(C(=O)Nc1cc(F)c(F)c(F)c1)[C@H]1CCC[C@H]12. The number of carbonyl (C=O) groups is 2. The Labute approximate surface area is 200 Å². The summed E-state index contributed by atoms with van der Waals surface area (Å²) in [5.41, 5.74) is 1.22. The molecule has 1 aromatic carbocycles. The van der Waals surface area contributed by atoms with Gasteiger partial charge in [0.05, 0.1) is 42.2 Å². The van der Waals surface area contributed by atoms with Crippen molar-refractivity contribution in [3.8, 4) is 0 Å². The first kappa shape index (κ1) is 22.2. The van der Waals surface area contributed by atoms with Crippen LogP contribution in [0, 0.1) is 23.4 Å². The second kappa shape index (κ2) is 8.46. The average Bonchev–Trinajstić information content (AvgIpc) is 3.62. The topological polar surface area (TPSA) is 79.7 Å². The monoisotopic (exact) mass is 489 g/mol. The van der Waals surface area contributed by atoms with Crippen LogP contribution in [0.1, 0.15) is 56.7 Å². The van der Waals surface area contributed by atoms with Crippen LogP contribution in [0.5, 0.6) is 0 Å². The van der Waals surface area contributed by atoms with E-state index >= 15 is 0 Å². The molecule has 0 spiro atoms. The number of halogens is 3. The van der Waals surface area contributed by atoms with Crippen LogP contribution < -0.4 is 10.2 Å². The van der Waals surface area contributed by atoms with Gasteiger partial charge in [0.25, 0.3) is 0 Å². The molecule has 1 saturated heterocycles. The fourth-order valence-electron chi connectivity index (χ4n) is 6.31. The van der Waals surface area contributed by atoms with E-state index < -0.39 is 29.6 Å². The van der Waals surface area contributed by atoms with Crippen LogP contribution in [0.2, 0.25) is 0 Å². The van der Waals surface area contributed by atoms with Gasteiger partial charge in [0.2, 0.25) is 0 Å². The molecule has 2 saturated carbocycles. The van der Waals surface area contributed by atoms with Crippen molar-refractivity contribution in [3.63, 3.8) is 0 Å². The number of urea groups is 1. The number of aromatic nitrogens is 2. The maximum atomic E-state index is 13.7. The Morgan fingerprint density at radius 3 is 2.46 bits per heavy atom. The number of nitrogens with one attached hydrogen (secondary N) is 1. The molecule has 1 aromatic heterocycles. The summed E-state index contributed by atoms with van der Waals surface area (Å²) >= 11 is 0. The van der Waals surface area contributed by atoms with Crippen LogP contribution in [0.3, 0.4) is 0 Å². The van der Waals surface area contributed by atoms with Crippen LogP contribution in [0.25, 0.3) is 0 Å². The molecule has 0 radical (unpaired) electrons. The summed E-state index contributed by atoms with van der Waals surface area (Å²) in [4.78, 5) is 29.4. The van der Waals surface area contributed by atoms with Crippen molar-refractivity contribution in [2.75, 3.05) is 16.8 Å². The molecule has 1 unspecified atom stereocenters. The zero-order valence-corrected chi connectivity index (χ0v) is 19.1. The summed E-state index contributed by atoms with van der Waals surface area (Å²) in [5.74, 6) is -3.96. The molecule has 186 valence electrons. The molecule has 3 amide bonds. The van der Waals surface area contributed by atoms with Gasteiger partial charge in [0, 0.05) is 17.8 Å². The van der Waals surface area contributed by atoms with E-state index in [-0.39, 0.29) is 30.4 Å². The van der Waals surface area contributed by atoms with Gasteiger partial charge < -0.3 is 15.0 Å². The zero-order valence-electron chi connectivity index (χ0n) is 19.1. The molecule has 3 atom stereocenters. The van der Waals surface area contributed by atoms with Crippen molar-refractivity contribution in [2.45, 2.75) is 69.6 Å². The van der Waals surface area contributed by atoms with E-state index in [2.05, 4.69) is 10.4 Å². The van der Waals surface area contributed by atoms with E-state index in [1.165, 1.54) is 0 Å². The molecule has 11 heteroatoms. The maximum absolute atomic E-state index is 13.7. The van der Waals surface area contributed by atoms with E-state index in [1.807, 2.05) is 4.68 Å². The Balaban J connectivity index is 1.31. The number of rotatable bonds is 3. The third-order valence-corrected chi connectivity index (χ3v) is 7.96. The molecule has 2 aliphatic heterocycles. The van der Waals surface area contributed by atoms with Crippen molar-refractivity contribution in [1.82, 2.24) is 14.7 Å². The highest BCUT2D eigenvalue weighted by Crippen LogP contribution is 2.44. The van der Waals surface area contributed by atoms with Crippen molar-refractivity contribution in [1.29, 1.82) is 0 Å². The number of hydrogen-bond acceptors (Lipinski definition) is 4. The highest BCUT2D eigenvalue weighted by Gasteiger charge is 2.46. The number of carbonyl (C=O) groups excluding carboxylic acids is 2. The maximum Gasteiger partial charge on any atom is 0.414 e. The Bertz CT molecular complexity index is 1160. The number of anilines is 2. The lowest BCUT2D eigenvalue weighted by Gasteiger charge is -2.39. The number of hydrogen-bond donors (Lipinski definition) is 1. The fraction of sp³-hybridized carbons (Fsp3) is 0.542. The fourth-order valence-corrected chi connectivity index (χ4v) is 6.31. The standard InChI is InChI=1S/C24H26F3N5O3/c25-15-8-14(9-16(26)22(15)27)29-23(33)30-11-20-19(10-28-32(20)18-7-3-6-17(18)30)31-21(12-35-24(31)34)13-4-1-2-5-13/h8-10,13,17-18,21H,1-7,11-12H2,(H,29,33)/t17-,18+,21?/m0/s1. The van der Waals surface area contributed by atoms with Gasteiger partial charge in [-0.25, -0.2) is 22.8 Å². The van der Waals surface area contributed by atoms with Crippen molar-refractivity contribution < 1.29 is 27.5 Å². The molecule has 2 aliphatic carbocycles. The predicted molar refractivity (Wildman–Crippen MR) is 119 cm³/mol. The van der Waals surface area contributed by atoms with E-state index in [9.17, 15) is 22.8 Å². The normalized spacial score (nSPS) is 26.1. The minimum atomic E-state index is -1.58. The van der Waals surface area contributed by atoms with Crippen LogP contribution in [-0.4, -0.2) is 45.5 Å². The van der Waals surface area contributed by atoms with Gasteiger partial charge in [-0.15, -0.1) is 0 Å². The second-order valence-corrected chi connectivity index (χ2v) is 9.86. The molecule has 3 fully saturated rings. The third-order valence-electron chi connectivity index (χ3n) is 7.96. The first-order valence-corrected chi connectivity index (χ1v) is 12.2. The van der Waals surface area contributed by atoms with Crippen molar-refractivity contribution in [2.24, 2.45) is 5.92 Å². The summed E-state index contributed by atoms with van der Waals surface area (Å²) in [6, 6.07) is 0.697. The van der Waals surface area contributed by atoms with Crippen LogP contribution >= 0.6 is 0 Å². The van der Waals surface area contributed by atoms with Crippen LogP contribution in [0.4, 0.5) is 34.1 Å². The highest BCUT2D eigenvalue weighted by molar-refractivity contribution is 5.92. The van der Waals surface area contributed by atoms with E-state index in [1.54, 1.807) is 16.0 Å². The highest BCUT2D eigenvalue weighted by atomic mass is 19.2. The molecule has 35 heavy (non-hydrogen) atoms. The summed E-state index contributed by atoms with van der Waals surface area (Å²) in [6.45, 7) is 0.516. The lowest BCUT2D eigenvalue weighted by molar-refractivity contribution is 0.138. The van der Waals surface area contributed by atoms with Gasteiger partial charge in [-0.05, 0) is 38.0 Å². The molecule has 0 bridgehead atoms. The minimum Gasteiger partial charge on any atom is -0.447 e. The van der Waals surface area contributed by atoms with Gasteiger partial charge in [-0.1, -0.05) is 12.8 Å². The summed E-state index contributed by atoms with van der Waals surface area (Å²) < 4.78 is 48.1. The van der Waals surface area contributed by atoms with E-state index in [0.717, 1.165) is 62.8 Å². The molecule has 6 rings (SSSR count). The number of benzene rings is 1. The lowest BCUT2D eigenvalue weighted by atomic mass is 9.97. The van der Waals surface area contributed by atoms with Crippen LogP contribution in [0.15, 0.2) is 18.3 Å². The van der Waals surface area contributed by atoms with E-state index in [0.29, 0.717) is 18.2 Å². The third kappa shape index (κ3) is 3.63. The zero-order chi connectivity index (χ0) is 24.3. The molecule has 1 N–H and O–H groups in total. The minimum absolute atomic E-state index is 0.0624. The molecule has 3 heterocycles. The Hall–Kier alpha value is -3.24. The van der Waals surface area contributed by atoms with Gasteiger partial charge in [0.1, 0.15) is 6.61 Å². The van der Waals surface area contributed by atoms with Gasteiger partial charge in [-0.3, -0.25) is 9.58 Å². The number of ether oxygens (including phenoxy) is 1. The summed E-state index contributed by atoms with van der Waals surface area (Å²) in [7, 11) is 0. The molecule has 8 nitrogen and oxygen atoms in total. The lowest BCUT2D eigenvalue weighted by Crippen LogP contribution is -2.49. The summed E-state index contributed by atoms with van der Waals surface area (Å²) in [6.07, 6.45) is 8.12. The number of cyclic esters (lactones) is 1. The van der Waals surface area contributed by atoms with Gasteiger partial charge in [0.15, 0.2) is 17.5 Å². The smallest absolute Gasteiger partial charge is 0.414 e. The number of fused-ring (bicyclic) bond motifs is 3. The summed E-state index contributed by atoms with van der Waals surface area (Å²) in [5, 5.41) is 7.13. The van der Waals surface area contributed by atoms with Crippen molar-refractivity contribution >= 4 is 23.5 Å². The molecule has 4 aliphatic rings. The number of amides is 3. The molecular weight excluding hydrogens is 463 g/mol. The largest absolute Gasteiger partial charge is 0.447 e. The predicted octanol–water partition coefficient (Wildman–Crippen LogP) is 4.96. The number of nitrogens with zero attached hydrogens (tertiary/aromatic N) is 4. The Morgan fingerprint density at radius 2 is 1.71 bits per heavy atom. The molecule has 2 aromatic rings. The average molecular weight is 489 g/mol. The van der Waals surface area contributed by atoms with Gasteiger partial charge >= 0.3 is 12.1 Å². The molecular formula is C24H26F3N5O3. The van der Waals surface area contributed by atoms with Crippen LogP contribution in [-0.2, 0) is 11.3 Å². The van der Waals surface area contributed by atoms with E-state index in [4.69, 9.17) is 4.74 Å². The Kier molecular flexibility index (Phi) is 5.37. The van der Waals surface area contributed by atoms with Gasteiger partial charge in [-0.2, -0.15) is 5.10 Å². The first-order valence-electron chi connectivity index (χ1n) is 12.2. The quantitative estimate of drug-likeness (QED) is 0.619. The first-order chi connectivity index (χ1) is 16.9. The second-order valence-electron chi connectivity index (χ2n) is 9.86.